The number of benzene rings is 3. The SMILES string of the molecule is COc1ccccc1OCC(=O)NNC(=O)c1ccc(OCCc2ccccc2)cc1. The minimum atomic E-state index is -0.500. The van der Waals surface area contributed by atoms with E-state index in [-0.39, 0.29) is 6.61 Å². The predicted molar refractivity (Wildman–Crippen MR) is 116 cm³/mol. The number of nitrogens with one attached hydrogen (secondary N) is 2. The Hall–Kier alpha value is -4.00. The number of methoxy groups -OCH3 is 1. The summed E-state index contributed by atoms with van der Waals surface area (Å²) in [4.78, 5) is 24.1. The fraction of sp³-hybridized carbons (Fsp3) is 0.167. The van der Waals surface area contributed by atoms with Crippen molar-refractivity contribution in [3.05, 3.63) is 90.0 Å². The van der Waals surface area contributed by atoms with Crippen molar-refractivity contribution in [3.63, 3.8) is 0 Å². The van der Waals surface area contributed by atoms with E-state index in [0.29, 0.717) is 29.4 Å². The number of para-hydroxylation sites is 2. The van der Waals surface area contributed by atoms with Crippen LogP contribution in [0.3, 0.4) is 0 Å². The molecule has 0 bridgehead atoms. The van der Waals surface area contributed by atoms with Crippen LogP contribution in [0, 0.1) is 0 Å². The summed E-state index contributed by atoms with van der Waals surface area (Å²) in [6.45, 7) is 0.270. The summed E-state index contributed by atoms with van der Waals surface area (Å²) in [6, 6.07) is 23.7. The van der Waals surface area contributed by atoms with Gasteiger partial charge >= 0.3 is 0 Å². The Kier molecular flexibility index (Phi) is 7.88. The van der Waals surface area contributed by atoms with E-state index in [9.17, 15) is 9.59 Å². The average molecular weight is 420 g/mol. The zero-order valence-electron chi connectivity index (χ0n) is 17.2. The smallest absolute Gasteiger partial charge is 0.276 e. The summed E-state index contributed by atoms with van der Waals surface area (Å²) in [7, 11) is 1.52. The first-order valence-electron chi connectivity index (χ1n) is 9.77. The van der Waals surface area contributed by atoms with E-state index in [1.165, 1.54) is 12.7 Å². The van der Waals surface area contributed by atoms with E-state index in [2.05, 4.69) is 10.9 Å². The fourth-order valence-corrected chi connectivity index (χ4v) is 2.75. The van der Waals surface area contributed by atoms with E-state index in [0.717, 1.165) is 6.42 Å². The van der Waals surface area contributed by atoms with Crippen LogP contribution in [0.2, 0.25) is 0 Å². The molecular weight excluding hydrogens is 396 g/mol. The van der Waals surface area contributed by atoms with Gasteiger partial charge in [-0.2, -0.15) is 0 Å². The molecule has 3 rings (SSSR count). The van der Waals surface area contributed by atoms with Crippen LogP contribution in [-0.2, 0) is 11.2 Å². The number of hydrazine groups is 1. The summed E-state index contributed by atoms with van der Waals surface area (Å²) in [5.41, 5.74) is 6.27. The number of amides is 2. The van der Waals surface area contributed by atoms with Gasteiger partial charge < -0.3 is 14.2 Å². The lowest BCUT2D eigenvalue weighted by atomic mass is 10.2. The minimum Gasteiger partial charge on any atom is -0.493 e. The van der Waals surface area contributed by atoms with Crippen LogP contribution in [0.4, 0.5) is 0 Å². The highest BCUT2D eigenvalue weighted by atomic mass is 16.5. The van der Waals surface area contributed by atoms with Crippen LogP contribution in [-0.4, -0.2) is 32.1 Å². The van der Waals surface area contributed by atoms with Crippen LogP contribution in [0.15, 0.2) is 78.9 Å². The van der Waals surface area contributed by atoms with Gasteiger partial charge in [0, 0.05) is 12.0 Å². The summed E-state index contributed by atoms with van der Waals surface area (Å²) in [5.74, 6) is 0.683. The molecule has 3 aromatic carbocycles. The Balaban J connectivity index is 1.40. The van der Waals surface area contributed by atoms with Crippen LogP contribution in [0.25, 0.3) is 0 Å². The summed E-state index contributed by atoms with van der Waals surface area (Å²) in [5, 5.41) is 0. The first-order valence-corrected chi connectivity index (χ1v) is 9.77. The van der Waals surface area contributed by atoms with Crippen LogP contribution >= 0.6 is 0 Å². The van der Waals surface area contributed by atoms with Crippen molar-refractivity contribution in [1.82, 2.24) is 10.9 Å². The zero-order valence-corrected chi connectivity index (χ0v) is 17.2. The number of hydrogen-bond donors (Lipinski definition) is 2. The van der Waals surface area contributed by atoms with E-state index in [4.69, 9.17) is 14.2 Å². The highest BCUT2D eigenvalue weighted by Gasteiger charge is 2.10. The Morgan fingerprint density at radius 3 is 2.16 bits per heavy atom. The molecule has 0 spiro atoms. The van der Waals surface area contributed by atoms with Gasteiger partial charge in [-0.15, -0.1) is 0 Å². The van der Waals surface area contributed by atoms with Gasteiger partial charge in [0.25, 0.3) is 11.8 Å². The normalized spacial score (nSPS) is 10.1. The van der Waals surface area contributed by atoms with Crippen LogP contribution in [0.1, 0.15) is 15.9 Å². The van der Waals surface area contributed by atoms with Gasteiger partial charge in [-0.3, -0.25) is 20.4 Å². The molecule has 160 valence electrons. The Labute approximate surface area is 180 Å². The van der Waals surface area contributed by atoms with Crippen molar-refractivity contribution < 1.29 is 23.8 Å². The molecule has 0 fully saturated rings. The lowest BCUT2D eigenvalue weighted by Crippen LogP contribution is -2.43. The fourth-order valence-electron chi connectivity index (χ4n) is 2.75. The predicted octanol–water partition coefficient (Wildman–Crippen LogP) is 3.16. The van der Waals surface area contributed by atoms with E-state index >= 15 is 0 Å². The quantitative estimate of drug-likeness (QED) is 0.520. The van der Waals surface area contributed by atoms with Gasteiger partial charge in [0.1, 0.15) is 5.75 Å². The zero-order chi connectivity index (χ0) is 21.9. The Bertz CT molecular complexity index is 990. The van der Waals surface area contributed by atoms with Crippen molar-refractivity contribution in [1.29, 1.82) is 0 Å². The van der Waals surface area contributed by atoms with Gasteiger partial charge in [-0.1, -0.05) is 42.5 Å². The molecule has 2 amide bonds. The van der Waals surface area contributed by atoms with Crippen molar-refractivity contribution >= 4 is 11.8 Å². The first-order chi connectivity index (χ1) is 15.2. The Morgan fingerprint density at radius 1 is 0.774 bits per heavy atom. The molecule has 7 nitrogen and oxygen atoms in total. The van der Waals surface area contributed by atoms with Crippen molar-refractivity contribution in [2.24, 2.45) is 0 Å². The maximum absolute atomic E-state index is 12.2. The second kappa shape index (κ2) is 11.3. The number of hydrogen-bond acceptors (Lipinski definition) is 5. The molecule has 2 N–H and O–H groups in total. The molecule has 0 aliphatic rings. The second-order valence-electron chi connectivity index (χ2n) is 6.55. The van der Waals surface area contributed by atoms with Crippen LogP contribution in [0.5, 0.6) is 17.2 Å². The molecule has 0 atom stereocenters. The van der Waals surface area contributed by atoms with Gasteiger partial charge in [0.2, 0.25) is 0 Å². The van der Waals surface area contributed by atoms with E-state index in [1.54, 1.807) is 48.5 Å². The van der Waals surface area contributed by atoms with Crippen molar-refractivity contribution in [2.75, 3.05) is 20.3 Å². The average Bonchev–Trinajstić information content (AvgIpc) is 2.82. The molecule has 3 aromatic rings. The number of carbonyl (C=O) groups is 2. The van der Waals surface area contributed by atoms with E-state index < -0.39 is 11.8 Å². The van der Waals surface area contributed by atoms with Gasteiger partial charge in [-0.25, -0.2) is 0 Å². The minimum absolute atomic E-state index is 0.269. The molecular formula is C24H24N2O5. The number of carbonyl (C=O) groups excluding carboxylic acids is 2. The van der Waals surface area contributed by atoms with Crippen molar-refractivity contribution in [3.8, 4) is 17.2 Å². The lowest BCUT2D eigenvalue weighted by molar-refractivity contribution is -0.123. The molecule has 0 aliphatic heterocycles. The maximum atomic E-state index is 12.2. The molecule has 0 saturated heterocycles. The third-order valence-electron chi connectivity index (χ3n) is 4.36. The van der Waals surface area contributed by atoms with Crippen molar-refractivity contribution in [2.45, 2.75) is 6.42 Å². The molecule has 0 aromatic heterocycles. The molecule has 31 heavy (non-hydrogen) atoms. The molecule has 0 unspecified atom stereocenters. The molecule has 0 aliphatic carbocycles. The second-order valence-corrected chi connectivity index (χ2v) is 6.55. The van der Waals surface area contributed by atoms with Gasteiger partial charge in [-0.05, 0) is 42.0 Å². The number of ether oxygens (including phenoxy) is 3. The molecule has 7 heteroatoms. The molecule has 0 radical (unpaired) electrons. The topological polar surface area (TPSA) is 85.9 Å². The van der Waals surface area contributed by atoms with Gasteiger partial charge in [0.05, 0.1) is 13.7 Å². The summed E-state index contributed by atoms with van der Waals surface area (Å²) in [6.07, 6.45) is 0.798. The third-order valence-corrected chi connectivity index (χ3v) is 4.36. The van der Waals surface area contributed by atoms with E-state index in [1.807, 2.05) is 30.3 Å². The first kappa shape index (κ1) is 21.7. The standard InChI is InChI=1S/C24H24N2O5/c1-29-21-9-5-6-10-22(21)31-17-23(27)25-26-24(28)19-11-13-20(14-12-19)30-16-15-18-7-3-2-4-8-18/h2-14H,15-17H2,1H3,(H,25,27)(H,26,28). The van der Waals surface area contributed by atoms with Crippen LogP contribution < -0.4 is 25.1 Å². The maximum Gasteiger partial charge on any atom is 0.276 e. The summed E-state index contributed by atoms with van der Waals surface area (Å²) < 4.78 is 16.3. The number of rotatable bonds is 9. The molecule has 0 heterocycles. The lowest BCUT2D eigenvalue weighted by Gasteiger charge is -2.11. The monoisotopic (exact) mass is 420 g/mol. The Morgan fingerprint density at radius 2 is 1.45 bits per heavy atom. The largest absolute Gasteiger partial charge is 0.493 e. The van der Waals surface area contributed by atoms with Gasteiger partial charge in [0.15, 0.2) is 18.1 Å². The third kappa shape index (κ3) is 6.78. The molecule has 0 saturated carbocycles. The highest BCUT2D eigenvalue weighted by Crippen LogP contribution is 2.25. The highest BCUT2D eigenvalue weighted by molar-refractivity contribution is 5.95. The summed E-state index contributed by atoms with van der Waals surface area (Å²) >= 11 is 0.